The quantitative estimate of drug-likeness (QED) is 0.834. The molecule has 0 aliphatic heterocycles. The molecule has 0 fully saturated rings. The van der Waals surface area contributed by atoms with Gasteiger partial charge in [0.25, 0.3) is 0 Å². The summed E-state index contributed by atoms with van der Waals surface area (Å²) >= 11 is 5.81. The van der Waals surface area contributed by atoms with E-state index in [0.29, 0.717) is 24.1 Å². The van der Waals surface area contributed by atoms with Gasteiger partial charge in [0.1, 0.15) is 0 Å². The van der Waals surface area contributed by atoms with Crippen molar-refractivity contribution in [2.45, 2.75) is 25.8 Å². The molecule has 1 atom stereocenters. The number of hydrogen-bond donors (Lipinski definition) is 1. The summed E-state index contributed by atoms with van der Waals surface area (Å²) in [5, 5.41) is 3.41. The molecule has 2 rings (SSSR count). The average Bonchev–Trinajstić information content (AvgIpc) is 2.55. The van der Waals surface area contributed by atoms with Crippen LogP contribution >= 0.6 is 11.6 Å². The van der Waals surface area contributed by atoms with E-state index in [0.717, 1.165) is 12.0 Å². The fourth-order valence-corrected chi connectivity index (χ4v) is 2.23. The summed E-state index contributed by atoms with van der Waals surface area (Å²) in [6.07, 6.45) is 0.411. The number of rotatable bonds is 6. The predicted octanol–water partition coefficient (Wildman–Crippen LogP) is 4.76. The zero-order valence-electron chi connectivity index (χ0n) is 12.6. The summed E-state index contributed by atoms with van der Waals surface area (Å²) < 4.78 is 5.20. The summed E-state index contributed by atoms with van der Waals surface area (Å²) in [5.74, 6) is 0.366. The van der Waals surface area contributed by atoms with Gasteiger partial charge < -0.3 is 10.1 Å². The Bertz CT molecular complexity index is 584. The Morgan fingerprint density at radius 1 is 1.14 bits per heavy atom. The topological polar surface area (TPSA) is 38.3 Å². The van der Waals surface area contributed by atoms with E-state index in [-0.39, 0.29) is 0 Å². The molecular formula is C18H20ClNO2. The molecule has 22 heavy (non-hydrogen) atoms. The number of alkyl carbamates (subject to hydrolysis) is 1. The Hall–Kier alpha value is -2.00. The average molecular weight is 318 g/mol. The Balaban J connectivity index is 1.66. The number of ether oxygens (including phenoxy) is 1. The van der Waals surface area contributed by atoms with Crippen LogP contribution in [-0.4, -0.2) is 12.7 Å². The molecule has 4 heteroatoms. The maximum Gasteiger partial charge on any atom is 0.407 e. The van der Waals surface area contributed by atoms with Gasteiger partial charge in [-0.1, -0.05) is 61.0 Å². The first-order chi connectivity index (χ1) is 10.6. The SMILES string of the molecule is CC(CCOC(=O)NCc1ccc(Cl)cc1)c1ccccc1. The van der Waals surface area contributed by atoms with E-state index >= 15 is 0 Å². The maximum absolute atomic E-state index is 11.6. The second-order valence-electron chi connectivity index (χ2n) is 5.22. The van der Waals surface area contributed by atoms with Crippen LogP contribution in [0.1, 0.15) is 30.4 Å². The van der Waals surface area contributed by atoms with Crippen LogP contribution in [0.4, 0.5) is 4.79 Å². The second-order valence-corrected chi connectivity index (χ2v) is 5.65. The van der Waals surface area contributed by atoms with Gasteiger partial charge in [-0.3, -0.25) is 0 Å². The number of carbonyl (C=O) groups is 1. The summed E-state index contributed by atoms with van der Waals surface area (Å²) in [6, 6.07) is 17.6. The van der Waals surface area contributed by atoms with Gasteiger partial charge in [0, 0.05) is 11.6 Å². The first kappa shape index (κ1) is 16.4. The minimum atomic E-state index is -0.393. The van der Waals surface area contributed by atoms with E-state index in [1.165, 1.54) is 5.56 Å². The Labute approximate surface area is 136 Å². The number of halogens is 1. The number of amides is 1. The van der Waals surface area contributed by atoms with Gasteiger partial charge in [-0.25, -0.2) is 4.79 Å². The van der Waals surface area contributed by atoms with E-state index in [1.807, 2.05) is 30.3 Å². The molecule has 0 heterocycles. The van der Waals surface area contributed by atoms with Crippen LogP contribution < -0.4 is 5.32 Å². The monoisotopic (exact) mass is 317 g/mol. The third-order valence-electron chi connectivity index (χ3n) is 3.50. The lowest BCUT2D eigenvalue weighted by Crippen LogP contribution is -2.24. The van der Waals surface area contributed by atoms with Crippen LogP contribution in [0, 0.1) is 0 Å². The van der Waals surface area contributed by atoms with Crippen molar-refractivity contribution in [1.82, 2.24) is 5.32 Å². The van der Waals surface area contributed by atoms with Crippen molar-refractivity contribution in [3.05, 3.63) is 70.7 Å². The summed E-state index contributed by atoms with van der Waals surface area (Å²) in [7, 11) is 0. The third-order valence-corrected chi connectivity index (χ3v) is 3.75. The Kier molecular flexibility index (Phi) is 6.28. The minimum absolute atomic E-state index is 0.366. The lowest BCUT2D eigenvalue weighted by molar-refractivity contribution is 0.142. The molecule has 0 bridgehead atoms. The molecule has 1 unspecified atom stereocenters. The van der Waals surface area contributed by atoms with Crippen LogP contribution in [-0.2, 0) is 11.3 Å². The van der Waals surface area contributed by atoms with Gasteiger partial charge in [-0.2, -0.15) is 0 Å². The zero-order valence-corrected chi connectivity index (χ0v) is 13.3. The molecule has 0 saturated heterocycles. The van der Waals surface area contributed by atoms with E-state index in [4.69, 9.17) is 16.3 Å². The molecule has 0 radical (unpaired) electrons. The van der Waals surface area contributed by atoms with E-state index in [1.54, 1.807) is 12.1 Å². The van der Waals surface area contributed by atoms with Crippen LogP contribution in [0.25, 0.3) is 0 Å². The minimum Gasteiger partial charge on any atom is -0.450 e. The Morgan fingerprint density at radius 3 is 2.50 bits per heavy atom. The van der Waals surface area contributed by atoms with Crippen LogP contribution in [0.5, 0.6) is 0 Å². The van der Waals surface area contributed by atoms with Gasteiger partial charge in [0.2, 0.25) is 0 Å². The van der Waals surface area contributed by atoms with Crippen molar-refractivity contribution >= 4 is 17.7 Å². The molecule has 0 aromatic heterocycles. The standard InChI is InChI=1S/C18H20ClNO2/c1-14(16-5-3-2-4-6-16)11-12-22-18(21)20-13-15-7-9-17(19)10-8-15/h2-10,14H,11-13H2,1H3,(H,20,21). The van der Waals surface area contributed by atoms with Crippen molar-refractivity contribution in [3.8, 4) is 0 Å². The van der Waals surface area contributed by atoms with Crippen molar-refractivity contribution in [3.63, 3.8) is 0 Å². The van der Waals surface area contributed by atoms with E-state index < -0.39 is 6.09 Å². The van der Waals surface area contributed by atoms with Gasteiger partial charge in [0.15, 0.2) is 0 Å². The fourth-order valence-electron chi connectivity index (χ4n) is 2.10. The summed E-state index contributed by atoms with van der Waals surface area (Å²) in [6.45, 7) is 2.97. The largest absolute Gasteiger partial charge is 0.450 e. The van der Waals surface area contributed by atoms with Crippen molar-refractivity contribution in [2.24, 2.45) is 0 Å². The van der Waals surface area contributed by atoms with Gasteiger partial charge in [-0.15, -0.1) is 0 Å². The van der Waals surface area contributed by atoms with Crippen molar-refractivity contribution in [1.29, 1.82) is 0 Å². The van der Waals surface area contributed by atoms with Gasteiger partial charge in [-0.05, 0) is 35.6 Å². The first-order valence-electron chi connectivity index (χ1n) is 7.35. The van der Waals surface area contributed by atoms with Gasteiger partial charge in [0.05, 0.1) is 6.61 Å². The summed E-state index contributed by atoms with van der Waals surface area (Å²) in [5.41, 5.74) is 2.24. The number of carbonyl (C=O) groups excluding carboxylic acids is 1. The predicted molar refractivity (Wildman–Crippen MR) is 89.1 cm³/mol. The van der Waals surface area contributed by atoms with Crippen LogP contribution in [0.3, 0.4) is 0 Å². The highest BCUT2D eigenvalue weighted by molar-refractivity contribution is 6.30. The van der Waals surface area contributed by atoms with Crippen LogP contribution in [0.2, 0.25) is 5.02 Å². The fraction of sp³-hybridized carbons (Fsp3) is 0.278. The zero-order chi connectivity index (χ0) is 15.8. The second kappa shape index (κ2) is 8.44. The lowest BCUT2D eigenvalue weighted by Gasteiger charge is -2.12. The number of nitrogens with one attached hydrogen (secondary N) is 1. The van der Waals surface area contributed by atoms with Crippen molar-refractivity contribution in [2.75, 3.05) is 6.61 Å². The Morgan fingerprint density at radius 2 is 1.82 bits per heavy atom. The first-order valence-corrected chi connectivity index (χ1v) is 7.73. The molecule has 2 aromatic rings. The molecule has 3 nitrogen and oxygen atoms in total. The molecule has 1 N–H and O–H groups in total. The van der Waals surface area contributed by atoms with E-state index in [2.05, 4.69) is 24.4 Å². The molecule has 116 valence electrons. The molecule has 2 aromatic carbocycles. The van der Waals surface area contributed by atoms with Crippen LogP contribution in [0.15, 0.2) is 54.6 Å². The van der Waals surface area contributed by atoms with Gasteiger partial charge >= 0.3 is 6.09 Å². The molecule has 0 aliphatic rings. The lowest BCUT2D eigenvalue weighted by atomic mass is 9.98. The number of hydrogen-bond acceptors (Lipinski definition) is 2. The normalized spacial score (nSPS) is 11.7. The molecule has 0 aliphatic carbocycles. The smallest absolute Gasteiger partial charge is 0.407 e. The molecule has 1 amide bonds. The maximum atomic E-state index is 11.6. The van der Waals surface area contributed by atoms with E-state index in [9.17, 15) is 4.79 Å². The highest BCUT2D eigenvalue weighted by Crippen LogP contribution is 2.18. The highest BCUT2D eigenvalue weighted by Gasteiger charge is 2.07. The molecule has 0 spiro atoms. The summed E-state index contributed by atoms with van der Waals surface area (Å²) in [4.78, 5) is 11.6. The highest BCUT2D eigenvalue weighted by atomic mass is 35.5. The molecular weight excluding hydrogens is 298 g/mol. The van der Waals surface area contributed by atoms with Crippen molar-refractivity contribution < 1.29 is 9.53 Å². The molecule has 0 saturated carbocycles. The number of benzene rings is 2. The third kappa shape index (κ3) is 5.41.